The maximum Gasteiger partial charge on any atom is 0.225 e. The maximum atomic E-state index is 4.89. The van der Waals surface area contributed by atoms with Crippen LogP contribution in [-0.4, -0.2) is 48.6 Å². The van der Waals surface area contributed by atoms with Gasteiger partial charge in [-0.25, -0.2) is 9.97 Å². The summed E-state index contributed by atoms with van der Waals surface area (Å²) in [7, 11) is 4.02. The molecule has 0 N–H and O–H groups in total. The molecular formula is C16H24N4. The molecule has 1 unspecified atom stereocenters. The standard InChI is InChI=1S/C16H24N4/c1-4-9-20-10-5-7-16(12-20)8-6-13-11-17-15(19(2)3)18-14(13)16/h4,11H,1,5-10,12H2,2-3H3. The van der Waals surface area contributed by atoms with Crippen molar-refractivity contribution in [3.8, 4) is 0 Å². The fourth-order valence-electron chi connectivity index (χ4n) is 3.71. The van der Waals surface area contributed by atoms with Crippen molar-refractivity contribution in [1.29, 1.82) is 0 Å². The lowest BCUT2D eigenvalue weighted by molar-refractivity contribution is 0.156. The highest BCUT2D eigenvalue weighted by molar-refractivity contribution is 5.39. The molecular weight excluding hydrogens is 248 g/mol. The molecule has 3 rings (SSSR count). The van der Waals surface area contributed by atoms with Crippen LogP contribution in [0, 0.1) is 0 Å². The number of hydrogen-bond acceptors (Lipinski definition) is 4. The summed E-state index contributed by atoms with van der Waals surface area (Å²) in [6.45, 7) is 7.18. The van der Waals surface area contributed by atoms with Gasteiger partial charge < -0.3 is 4.90 Å². The number of aryl methyl sites for hydroxylation is 1. The first-order valence-electron chi connectivity index (χ1n) is 7.52. The smallest absolute Gasteiger partial charge is 0.225 e. The molecule has 0 amide bonds. The second-order valence-corrected chi connectivity index (χ2v) is 6.35. The van der Waals surface area contributed by atoms with E-state index < -0.39 is 0 Å². The average molecular weight is 272 g/mol. The van der Waals surface area contributed by atoms with Crippen molar-refractivity contribution in [2.24, 2.45) is 0 Å². The van der Waals surface area contributed by atoms with Crippen molar-refractivity contribution < 1.29 is 0 Å². The third kappa shape index (κ3) is 2.22. The minimum atomic E-state index is 0.254. The fourth-order valence-corrected chi connectivity index (χ4v) is 3.71. The molecule has 0 radical (unpaired) electrons. The van der Waals surface area contributed by atoms with Crippen LogP contribution in [0.2, 0.25) is 0 Å². The zero-order chi connectivity index (χ0) is 14.2. The monoisotopic (exact) mass is 272 g/mol. The van der Waals surface area contributed by atoms with E-state index in [0.717, 1.165) is 25.5 Å². The van der Waals surface area contributed by atoms with Gasteiger partial charge in [0, 0.05) is 38.8 Å². The summed E-state index contributed by atoms with van der Waals surface area (Å²) < 4.78 is 0. The minimum absolute atomic E-state index is 0.254. The van der Waals surface area contributed by atoms with E-state index in [1.165, 1.54) is 37.1 Å². The van der Waals surface area contributed by atoms with Crippen LogP contribution in [-0.2, 0) is 11.8 Å². The highest BCUT2D eigenvalue weighted by Crippen LogP contribution is 2.44. The van der Waals surface area contributed by atoms with Gasteiger partial charge in [-0.3, -0.25) is 4.90 Å². The van der Waals surface area contributed by atoms with Crippen LogP contribution in [0.5, 0.6) is 0 Å². The summed E-state index contributed by atoms with van der Waals surface area (Å²) >= 11 is 0. The molecule has 0 bridgehead atoms. The summed E-state index contributed by atoms with van der Waals surface area (Å²) in [4.78, 5) is 13.9. The molecule has 1 atom stereocenters. The van der Waals surface area contributed by atoms with Gasteiger partial charge in [0.25, 0.3) is 0 Å². The van der Waals surface area contributed by atoms with Crippen LogP contribution in [0.25, 0.3) is 0 Å². The van der Waals surface area contributed by atoms with Gasteiger partial charge in [-0.15, -0.1) is 6.58 Å². The van der Waals surface area contributed by atoms with Gasteiger partial charge in [-0.2, -0.15) is 0 Å². The predicted molar refractivity (Wildman–Crippen MR) is 82.2 cm³/mol. The summed E-state index contributed by atoms with van der Waals surface area (Å²) in [5.41, 5.74) is 2.92. The Labute approximate surface area is 121 Å². The van der Waals surface area contributed by atoms with E-state index in [1.54, 1.807) is 0 Å². The molecule has 1 aliphatic carbocycles. The van der Waals surface area contributed by atoms with Crippen LogP contribution in [0.3, 0.4) is 0 Å². The molecule has 4 heteroatoms. The molecule has 1 aromatic rings. The number of likely N-dealkylation sites (tertiary alicyclic amines) is 1. The summed E-state index contributed by atoms with van der Waals surface area (Å²) in [6.07, 6.45) is 8.93. The largest absolute Gasteiger partial charge is 0.347 e. The van der Waals surface area contributed by atoms with E-state index in [0.29, 0.717) is 0 Å². The van der Waals surface area contributed by atoms with Gasteiger partial charge in [0.15, 0.2) is 0 Å². The van der Waals surface area contributed by atoms with Crippen molar-refractivity contribution >= 4 is 5.95 Å². The van der Waals surface area contributed by atoms with E-state index in [4.69, 9.17) is 4.98 Å². The lowest BCUT2D eigenvalue weighted by atomic mass is 9.77. The van der Waals surface area contributed by atoms with Crippen LogP contribution < -0.4 is 4.90 Å². The predicted octanol–water partition coefficient (Wildman–Crippen LogP) is 2.01. The number of aromatic nitrogens is 2. The van der Waals surface area contributed by atoms with Gasteiger partial charge in [-0.1, -0.05) is 6.08 Å². The number of anilines is 1. The molecule has 20 heavy (non-hydrogen) atoms. The lowest BCUT2D eigenvalue weighted by Gasteiger charge is -2.40. The molecule has 0 saturated carbocycles. The minimum Gasteiger partial charge on any atom is -0.347 e. The topological polar surface area (TPSA) is 32.3 Å². The molecule has 1 aromatic heterocycles. The second-order valence-electron chi connectivity index (χ2n) is 6.35. The molecule has 4 nitrogen and oxygen atoms in total. The van der Waals surface area contributed by atoms with E-state index in [-0.39, 0.29) is 5.41 Å². The molecule has 108 valence electrons. The first-order chi connectivity index (χ1) is 9.64. The molecule has 0 aromatic carbocycles. The van der Waals surface area contributed by atoms with Crippen LogP contribution >= 0.6 is 0 Å². The SMILES string of the molecule is C=CCN1CCCC2(CCc3cnc(N(C)C)nc32)C1. The van der Waals surface area contributed by atoms with Crippen molar-refractivity contribution in [3.05, 3.63) is 30.1 Å². The highest BCUT2D eigenvalue weighted by atomic mass is 15.2. The van der Waals surface area contributed by atoms with Crippen molar-refractivity contribution in [3.63, 3.8) is 0 Å². The Kier molecular flexibility index (Phi) is 3.50. The van der Waals surface area contributed by atoms with E-state index >= 15 is 0 Å². The number of fused-ring (bicyclic) bond motifs is 2. The van der Waals surface area contributed by atoms with Gasteiger partial charge in [-0.05, 0) is 37.8 Å². The maximum absolute atomic E-state index is 4.89. The Bertz CT molecular complexity index is 507. The van der Waals surface area contributed by atoms with E-state index in [1.807, 2.05) is 31.3 Å². The Morgan fingerprint density at radius 1 is 1.45 bits per heavy atom. The van der Waals surface area contributed by atoms with Crippen LogP contribution in [0.4, 0.5) is 5.95 Å². The molecule has 2 aliphatic rings. The van der Waals surface area contributed by atoms with Crippen molar-refractivity contribution in [1.82, 2.24) is 14.9 Å². The zero-order valence-corrected chi connectivity index (χ0v) is 12.6. The normalized spacial score (nSPS) is 25.7. The number of nitrogens with zero attached hydrogens (tertiary/aromatic N) is 4. The third-order valence-electron chi connectivity index (χ3n) is 4.67. The number of rotatable bonds is 3. The van der Waals surface area contributed by atoms with Crippen molar-refractivity contribution in [2.45, 2.75) is 31.1 Å². The summed E-state index contributed by atoms with van der Waals surface area (Å²) in [5.74, 6) is 0.839. The Hall–Kier alpha value is -1.42. The van der Waals surface area contributed by atoms with Crippen molar-refractivity contribution in [2.75, 3.05) is 38.6 Å². The summed E-state index contributed by atoms with van der Waals surface area (Å²) in [5, 5.41) is 0. The average Bonchev–Trinajstić information content (AvgIpc) is 2.78. The van der Waals surface area contributed by atoms with E-state index in [9.17, 15) is 0 Å². The second kappa shape index (κ2) is 5.17. The lowest BCUT2D eigenvalue weighted by Crippen LogP contribution is -2.45. The number of hydrogen-bond donors (Lipinski definition) is 0. The Morgan fingerprint density at radius 3 is 3.05 bits per heavy atom. The zero-order valence-electron chi connectivity index (χ0n) is 12.6. The van der Waals surface area contributed by atoms with Gasteiger partial charge >= 0.3 is 0 Å². The molecule has 2 heterocycles. The van der Waals surface area contributed by atoms with Crippen LogP contribution in [0.1, 0.15) is 30.5 Å². The Balaban J connectivity index is 1.93. The first-order valence-corrected chi connectivity index (χ1v) is 7.52. The molecule has 1 aliphatic heterocycles. The Morgan fingerprint density at radius 2 is 2.30 bits per heavy atom. The quantitative estimate of drug-likeness (QED) is 0.788. The van der Waals surface area contributed by atoms with Gasteiger partial charge in [0.2, 0.25) is 5.95 Å². The first kappa shape index (κ1) is 13.6. The highest BCUT2D eigenvalue weighted by Gasteiger charge is 2.43. The van der Waals surface area contributed by atoms with Gasteiger partial charge in [0.05, 0.1) is 5.69 Å². The van der Waals surface area contributed by atoms with Gasteiger partial charge in [0.1, 0.15) is 0 Å². The molecule has 1 fully saturated rings. The summed E-state index contributed by atoms with van der Waals surface area (Å²) in [6, 6.07) is 0. The van der Waals surface area contributed by atoms with E-state index in [2.05, 4.69) is 16.5 Å². The van der Waals surface area contributed by atoms with Crippen LogP contribution in [0.15, 0.2) is 18.9 Å². The third-order valence-corrected chi connectivity index (χ3v) is 4.67. The fraction of sp³-hybridized carbons (Fsp3) is 0.625. The number of piperidine rings is 1. The molecule has 1 saturated heterocycles. The molecule has 1 spiro atoms.